The summed E-state index contributed by atoms with van der Waals surface area (Å²) in [5.74, 6) is -0.0714. The fourth-order valence-corrected chi connectivity index (χ4v) is 2.67. The predicted molar refractivity (Wildman–Crippen MR) is 70.6 cm³/mol. The van der Waals surface area contributed by atoms with Gasteiger partial charge in [-0.05, 0) is 25.5 Å². The Morgan fingerprint density at radius 3 is 2.56 bits per heavy atom. The molecule has 0 aliphatic heterocycles. The third-order valence-electron chi connectivity index (χ3n) is 2.30. The van der Waals surface area contributed by atoms with Gasteiger partial charge in [-0.25, -0.2) is 8.42 Å². The van der Waals surface area contributed by atoms with Crippen molar-refractivity contribution in [3.05, 3.63) is 33.9 Å². The van der Waals surface area contributed by atoms with E-state index < -0.39 is 14.8 Å². The molecule has 1 N–H and O–H groups in total. The number of anilines is 1. The molecule has 0 heterocycles. The van der Waals surface area contributed by atoms with Crippen LogP contribution in [0.1, 0.15) is 12.5 Å². The molecule has 1 unspecified atom stereocenters. The molecule has 18 heavy (non-hydrogen) atoms. The Hall–Kier alpha value is -1.63. The average Bonchev–Trinajstić information content (AvgIpc) is 2.17. The Balaban J connectivity index is 2.94. The highest BCUT2D eigenvalue weighted by Gasteiger charge is 2.17. The summed E-state index contributed by atoms with van der Waals surface area (Å²) < 4.78 is 22.3. The minimum absolute atomic E-state index is 0.0460. The lowest BCUT2D eigenvalue weighted by Crippen LogP contribution is -2.25. The highest BCUT2D eigenvalue weighted by Crippen LogP contribution is 2.25. The summed E-state index contributed by atoms with van der Waals surface area (Å²) in [6, 6.07) is 4.39. The lowest BCUT2D eigenvalue weighted by atomic mass is 10.2. The number of benzene rings is 1. The third kappa shape index (κ3) is 4.33. The number of nitrogens with one attached hydrogen (secondary N) is 1. The molecule has 0 amide bonds. The van der Waals surface area contributed by atoms with Gasteiger partial charge in [0.05, 0.1) is 10.7 Å². The molecule has 0 aliphatic rings. The quantitative estimate of drug-likeness (QED) is 0.651. The molecule has 0 saturated carbocycles. The number of nitrogens with zero attached hydrogens (tertiary/aromatic N) is 1. The molecule has 7 heteroatoms. The van der Waals surface area contributed by atoms with Crippen molar-refractivity contribution in [1.29, 1.82) is 0 Å². The SMILES string of the molecule is Cc1ccc(NC(C)CS(C)(=O)=O)c([N+](=O)[O-])c1. The maximum atomic E-state index is 11.1. The fraction of sp³-hybridized carbons (Fsp3) is 0.455. The second-order valence-electron chi connectivity index (χ2n) is 4.42. The van der Waals surface area contributed by atoms with Crippen molar-refractivity contribution in [2.24, 2.45) is 0 Å². The Bertz CT molecular complexity index is 554. The summed E-state index contributed by atoms with van der Waals surface area (Å²) >= 11 is 0. The number of rotatable bonds is 5. The van der Waals surface area contributed by atoms with Gasteiger partial charge in [-0.1, -0.05) is 6.07 Å². The van der Waals surface area contributed by atoms with E-state index in [9.17, 15) is 18.5 Å². The molecular weight excluding hydrogens is 256 g/mol. The molecule has 0 spiro atoms. The maximum absolute atomic E-state index is 11.1. The number of nitro groups is 1. The van der Waals surface area contributed by atoms with Gasteiger partial charge >= 0.3 is 0 Å². The van der Waals surface area contributed by atoms with Gasteiger partial charge in [-0.3, -0.25) is 10.1 Å². The zero-order chi connectivity index (χ0) is 13.9. The van der Waals surface area contributed by atoms with E-state index in [2.05, 4.69) is 5.32 Å². The minimum atomic E-state index is -3.12. The minimum Gasteiger partial charge on any atom is -0.376 e. The summed E-state index contributed by atoms with van der Waals surface area (Å²) in [7, 11) is -3.12. The molecule has 0 aromatic heterocycles. The van der Waals surface area contributed by atoms with Crippen molar-refractivity contribution in [3.8, 4) is 0 Å². The van der Waals surface area contributed by atoms with Crippen molar-refractivity contribution >= 4 is 21.2 Å². The predicted octanol–water partition coefficient (Wildman–Crippen LogP) is 1.75. The molecule has 1 aromatic carbocycles. The van der Waals surface area contributed by atoms with Crippen molar-refractivity contribution in [2.45, 2.75) is 19.9 Å². The highest BCUT2D eigenvalue weighted by atomic mass is 32.2. The molecule has 0 fully saturated rings. The van der Waals surface area contributed by atoms with Crippen LogP contribution in [0.15, 0.2) is 18.2 Å². The van der Waals surface area contributed by atoms with Gasteiger partial charge in [0, 0.05) is 18.4 Å². The zero-order valence-electron chi connectivity index (χ0n) is 10.5. The summed E-state index contributed by atoms with van der Waals surface area (Å²) in [4.78, 5) is 10.4. The lowest BCUT2D eigenvalue weighted by Gasteiger charge is -2.14. The Labute approximate surface area is 106 Å². The summed E-state index contributed by atoms with van der Waals surface area (Å²) in [6.45, 7) is 3.43. The number of hydrogen-bond donors (Lipinski definition) is 1. The van der Waals surface area contributed by atoms with E-state index in [1.54, 1.807) is 26.0 Å². The molecule has 1 aromatic rings. The van der Waals surface area contributed by atoms with E-state index in [1.807, 2.05) is 0 Å². The van der Waals surface area contributed by atoms with E-state index in [-0.39, 0.29) is 17.5 Å². The molecule has 1 atom stereocenters. The van der Waals surface area contributed by atoms with Gasteiger partial charge in [0.2, 0.25) is 0 Å². The smallest absolute Gasteiger partial charge is 0.292 e. The van der Waals surface area contributed by atoms with E-state index >= 15 is 0 Å². The fourth-order valence-electron chi connectivity index (χ4n) is 1.68. The summed E-state index contributed by atoms with van der Waals surface area (Å²) in [5.41, 5.74) is 1.07. The molecule has 0 saturated heterocycles. The normalized spacial score (nSPS) is 13.1. The first-order valence-corrected chi connectivity index (χ1v) is 7.44. The molecule has 100 valence electrons. The monoisotopic (exact) mass is 272 g/mol. The van der Waals surface area contributed by atoms with Crippen LogP contribution in [0.2, 0.25) is 0 Å². The van der Waals surface area contributed by atoms with Gasteiger partial charge in [0.15, 0.2) is 0 Å². The van der Waals surface area contributed by atoms with Gasteiger partial charge in [0.25, 0.3) is 5.69 Å². The van der Waals surface area contributed by atoms with E-state index in [1.165, 1.54) is 6.07 Å². The maximum Gasteiger partial charge on any atom is 0.292 e. The third-order valence-corrected chi connectivity index (χ3v) is 3.41. The van der Waals surface area contributed by atoms with Crippen LogP contribution in [0.3, 0.4) is 0 Å². The van der Waals surface area contributed by atoms with Crippen LogP contribution >= 0.6 is 0 Å². The van der Waals surface area contributed by atoms with Crippen LogP contribution in [-0.2, 0) is 9.84 Å². The molecule has 0 bridgehead atoms. The van der Waals surface area contributed by atoms with E-state index in [0.717, 1.165) is 11.8 Å². The van der Waals surface area contributed by atoms with Crippen LogP contribution in [0.25, 0.3) is 0 Å². The second-order valence-corrected chi connectivity index (χ2v) is 6.60. The molecule has 6 nitrogen and oxygen atoms in total. The number of sulfone groups is 1. The van der Waals surface area contributed by atoms with Gasteiger partial charge in [0.1, 0.15) is 15.5 Å². The second kappa shape index (κ2) is 5.34. The van der Waals surface area contributed by atoms with Gasteiger partial charge < -0.3 is 5.32 Å². The highest BCUT2D eigenvalue weighted by molar-refractivity contribution is 7.90. The largest absolute Gasteiger partial charge is 0.376 e. The zero-order valence-corrected chi connectivity index (χ0v) is 11.3. The van der Waals surface area contributed by atoms with Crippen molar-refractivity contribution in [3.63, 3.8) is 0 Å². The van der Waals surface area contributed by atoms with E-state index in [4.69, 9.17) is 0 Å². The average molecular weight is 272 g/mol. The van der Waals surface area contributed by atoms with Crippen LogP contribution < -0.4 is 5.32 Å². The topological polar surface area (TPSA) is 89.3 Å². The van der Waals surface area contributed by atoms with E-state index in [0.29, 0.717) is 5.69 Å². The Morgan fingerprint density at radius 2 is 2.06 bits per heavy atom. The number of nitro benzene ring substituents is 1. The Kier molecular flexibility index (Phi) is 4.28. The van der Waals surface area contributed by atoms with Crippen molar-refractivity contribution in [1.82, 2.24) is 0 Å². The van der Waals surface area contributed by atoms with Crippen LogP contribution in [0.5, 0.6) is 0 Å². The molecule has 0 radical (unpaired) electrons. The lowest BCUT2D eigenvalue weighted by molar-refractivity contribution is -0.384. The molecular formula is C11H16N2O4S. The van der Waals surface area contributed by atoms with Crippen LogP contribution in [0, 0.1) is 17.0 Å². The van der Waals surface area contributed by atoms with Gasteiger partial charge in [-0.15, -0.1) is 0 Å². The van der Waals surface area contributed by atoms with Crippen LogP contribution in [0.4, 0.5) is 11.4 Å². The van der Waals surface area contributed by atoms with Crippen LogP contribution in [-0.4, -0.2) is 31.4 Å². The Morgan fingerprint density at radius 1 is 1.44 bits per heavy atom. The standard InChI is InChI=1S/C11H16N2O4S/c1-8-4-5-10(11(6-8)13(14)15)12-9(2)7-18(3,16)17/h4-6,9,12H,7H2,1-3H3. The van der Waals surface area contributed by atoms with Crippen molar-refractivity contribution in [2.75, 3.05) is 17.3 Å². The first kappa shape index (κ1) is 14.4. The molecule has 0 aliphatic carbocycles. The number of hydrogen-bond acceptors (Lipinski definition) is 5. The summed E-state index contributed by atoms with van der Waals surface area (Å²) in [6.07, 6.45) is 1.13. The molecule has 1 rings (SSSR count). The first-order chi connectivity index (χ1) is 8.19. The van der Waals surface area contributed by atoms with Gasteiger partial charge in [-0.2, -0.15) is 0 Å². The summed E-state index contributed by atoms with van der Waals surface area (Å²) in [5, 5.41) is 13.7. The van der Waals surface area contributed by atoms with Crippen molar-refractivity contribution < 1.29 is 13.3 Å². The number of aryl methyl sites for hydroxylation is 1. The first-order valence-electron chi connectivity index (χ1n) is 5.38.